The lowest BCUT2D eigenvalue weighted by molar-refractivity contribution is 0.0956. The van der Waals surface area contributed by atoms with Crippen LogP contribution >= 0.6 is 11.8 Å². The molecule has 1 N–H and O–H groups in total. The highest BCUT2D eigenvalue weighted by Gasteiger charge is 2.33. The zero-order chi connectivity index (χ0) is 22.4. The fraction of sp³-hybridized carbons (Fsp3) is 0.435. The molecule has 168 valence electrons. The molecule has 1 aliphatic heterocycles. The maximum absolute atomic E-state index is 13.3. The molecule has 1 aliphatic rings. The molecule has 0 spiro atoms. The van der Waals surface area contributed by atoms with E-state index in [0.29, 0.717) is 18.7 Å². The van der Waals surface area contributed by atoms with Crippen molar-refractivity contribution >= 4 is 27.7 Å². The Morgan fingerprint density at radius 1 is 1.19 bits per heavy atom. The SMILES string of the molecule is COc1ccc(C(=O)NCCSc2ccc(C)cc2)cc1S(=O)(=O)N1CCCCC1C. The van der Waals surface area contributed by atoms with Crippen molar-refractivity contribution in [1.29, 1.82) is 0 Å². The summed E-state index contributed by atoms with van der Waals surface area (Å²) in [6, 6.07) is 12.7. The van der Waals surface area contributed by atoms with Crippen LogP contribution in [0.4, 0.5) is 0 Å². The first-order chi connectivity index (χ1) is 14.8. The van der Waals surface area contributed by atoms with E-state index in [1.807, 2.05) is 13.8 Å². The number of nitrogens with one attached hydrogen (secondary N) is 1. The second-order valence-corrected chi connectivity index (χ2v) is 10.8. The van der Waals surface area contributed by atoms with Crippen LogP contribution in [0, 0.1) is 6.92 Å². The van der Waals surface area contributed by atoms with Gasteiger partial charge >= 0.3 is 0 Å². The van der Waals surface area contributed by atoms with Gasteiger partial charge in [-0.1, -0.05) is 24.1 Å². The molecule has 2 aromatic carbocycles. The maximum atomic E-state index is 13.3. The molecule has 0 bridgehead atoms. The quantitative estimate of drug-likeness (QED) is 0.472. The molecule has 2 aromatic rings. The smallest absolute Gasteiger partial charge is 0.251 e. The van der Waals surface area contributed by atoms with Crippen LogP contribution in [0.1, 0.15) is 42.1 Å². The number of hydrogen-bond donors (Lipinski definition) is 1. The fourth-order valence-electron chi connectivity index (χ4n) is 3.64. The number of carbonyl (C=O) groups is 1. The topological polar surface area (TPSA) is 75.7 Å². The van der Waals surface area contributed by atoms with Gasteiger partial charge in [-0.3, -0.25) is 4.79 Å². The van der Waals surface area contributed by atoms with Gasteiger partial charge in [-0.25, -0.2) is 8.42 Å². The van der Waals surface area contributed by atoms with E-state index >= 15 is 0 Å². The number of nitrogens with zero attached hydrogens (tertiary/aromatic N) is 1. The highest BCUT2D eigenvalue weighted by atomic mass is 32.2. The summed E-state index contributed by atoms with van der Waals surface area (Å²) in [6.45, 7) is 4.93. The average molecular weight is 463 g/mol. The lowest BCUT2D eigenvalue weighted by Crippen LogP contribution is -2.42. The van der Waals surface area contributed by atoms with Gasteiger partial charge in [0, 0.05) is 35.3 Å². The van der Waals surface area contributed by atoms with Crippen molar-refractivity contribution in [2.45, 2.75) is 48.9 Å². The first-order valence-electron chi connectivity index (χ1n) is 10.5. The van der Waals surface area contributed by atoms with Crippen molar-refractivity contribution in [3.8, 4) is 5.75 Å². The highest BCUT2D eigenvalue weighted by Crippen LogP contribution is 2.31. The van der Waals surface area contributed by atoms with Gasteiger partial charge in [0.15, 0.2) is 0 Å². The summed E-state index contributed by atoms with van der Waals surface area (Å²) >= 11 is 1.66. The van der Waals surface area contributed by atoms with E-state index in [0.717, 1.165) is 29.9 Å². The van der Waals surface area contributed by atoms with Crippen molar-refractivity contribution < 1.29 is 17.9 Å². The molecule has 1 unspecified atom stereocenters. The molecule has 0 radical (unpaired) electrons. The molecule has 0 saturated carbocycles. The summed E-state index contributed by atoms with van der Waals surface area (Å²) < 4.78 is 33.4. The Morgan fingerprint density at radius 2 is 1.94 bits per heavy atom. The third kappa shape index (κ3) is 5.81. The summed E-state index contributed by atoms with van der Waals surface area (Å²) in [7, 11) is -2.31. The van der Waals surface area contributed by atoms with E-state index in [1.54, 1.807) is 23.9 Å². The Bertz CT molecular complexity index is 1010. The monoisotopic (exact) mass is 462 g/mol. The lowest BCUT2D eigenvalue weighted by atomic mass is 10.1. The van der Waals surface area contributed by atoms with Gasteiger partial charge in [-0.15, -0.1) is 11.8 Å². The molecular weight excluding hydrogens is 432 g/mol. The average Bonchev–Trinajstić information content (AvgIpc) is 2.77. The summed E-state index contributed by atoms with van der Waals surface area (Å²) in [5.74, 6) is 0.682. The van der Waals surface area contributed by atoms with Crippen molar-refractivity contribution in [2.24, 2.45) is 0 Å². The molecule has 8 heteroatoms. The second-order valence-electron chi connectivity index (χ2n) is 7.74. The Morgan fingerprint density at radius 3 is 2.61 bits per heavy atom. The molecule has 1 heterocycles. The largest absolute Gasteiger partial charge is 0.495 e. The van der Waals surface area contributed by atoms with E-state index in [-0.39, 0.29) is 22.6 Å². The summed E-state index contributed by atoms with van der Waals surface area (Å²) in [4.78, 5) is 13.8. The Hall–Kier alpha value is -2.03. The molecule has 0 aliphatic carbocycles. The number of piperidine rings is 1. The molecular formula is C23H30N2O4S2. The van der Waals surface area contributed by atoms with E-state index in [9.17, 15) is 13.2 Å². The summed E-state index contributed by atoms with van der Waals surface area (Å²) in [5, 5.41) is 2.88. The molecule has 1 atom stereocenters. The van der Waals surface area contributed by atoms with Crippen LogP contribution in [0.5, 0.6) is 5.75 Å². The minimum atomic E-state index is -3.75. The van der Waals surface area contributed by atoms with Crippen LogP contribution in [-0.4, -0.2) is 50.6 Å². The van der Waals surface area contributed by atoms with Gasteiger partial charge in [0.05, 0.1) is 7.11 Å². The molecule has 1 amide bonds. The number of hydrogen-bond acceptors (Lipinski definition) is 5. The van der Waals surface area contributed by atoms with Gasteiger partial charge < -0.3 is 10.1 Å². The lowest BCUT2D eigenvalue weighted by Gasteiger charge is -2.32. The van der Waals surface area contributed by atoms with E-state index in [1.165, 1.54) is 23.0 Å². The number of aryl methyl sites for hydroxylation is 1. The number of methoxy groups -OCH3 is 1. The predicted molar refractivity (Wildman–Crippen MR) is 124 cm³/mol. The minimum absolute atomic E-state index is 0.0467. The standard InChI is InChI=1S/C23H30N2O4S2/c1-17-7-10-20(11-8-17)30-15-13-24-23(26)19-9-12-21(29-3)22(16-19)31(27,28)25-14-5-4-6-18(25)2/h7-12,16,18H,4-6,13-15H2,1-3H3,(H,24,26). The number of benzene rings is 2. The molecule has 0 aromatic heterocycles. The number of amides is 1. The minimum Gasteiger partial charge on any atom is -0.495 e. The molecule has 1 fully saturated rings. The van der Waals surface area contributed by atoms with Gasteiger partial charge in [0.25, 0.3) is 5.91 Å². The Balaban J connectivity index is 1.69. The number of thioether (sulfide) groups is 1. The summed E-state index contributed by atoms with van der Waals surface area (Å²) in [6.07, 6.45) is 2.69. The third-order valence-corrected chi connectivity index (χ3v) is 8.48. The molecule has 3 rings (SSSR count). The van der Waals surface area contributed by atoms with Crippen LogP contribution in [0.2, 0.25) is 0 Å². The Kier molecular flexibility index (Phi) is 8.02. The first kappa shape index (κ1) is 23.6. The predicted octanol–water partition coefficient (Wildman–Crippen LogP) is 4.09. The van der Waals surface area contributed by atoms with Crippen LogP contribution in [0.25, 0.3) is 0 Å². The number of carbonyl (C=O) groups excluding carboxylic acids is 1. The van der Waals surface area contributed by atoms with Crippen molar-refractivity contribution in [1.82, 2.24) is 9.62 Å². The normalized spacial score (nSPS) is 17.3. The van der Waals surface area contributed by atoms with Gasteiger partial charge in [0.1, 0.15) is 10.6 Å². The summed E-state index contributed by atoms with van der Waals surface area (Å²) in [5.41, 5.74) is 1.52. The van der Waals surface area contributed by atoms with Gasteiger partial charge in [0.2, 0.25) is 10.0 Å². The second kappa shape index (κ2) is 10.5. The third-order valence-electron chi connectivity index (χ3n) is 5.43. The first-order valence-corrected chi connectivity index (χ1v) is 12.9. The maximum Gasteiger partial charge on any atom is 0.251 e. The van der Waals surface area contributed by atoms with E-state index in [2.05, 4.69) is 29.6 Å². The van der Waals surface area contributed by atoms with Crippen LogP contribution in [0.15, 0.2) is 52.3 Å². The van der Waals surface area contributed by atoms with Gasteiger partial charge in [-0.2, -0.15) is 4.31 Å². The van der Waals surface area contributed by atoms with Crippen molar-refractivity contribution in [3.05, 3.63) is 53.6 Å². The van der Waals surface area contributed by atoms with Crippen LogP contribution in [0.3, 0.4) is 0 Å². The fourth-order valence-corrected chi connectivity index (χ4v) is 6.30. The zero-order valence-electron chi connectivity index (χ0n) is 18.3. The van der Waals surface area contributed by atoms with Gasteiger partial charge in [-0.05, 0) is 57.0 Å². The molecule has 6 nitrogen and oxygen atoms in total. The van der Waals surface area contributed by atoms with Crippen LogP contribution < -0.4 is 10.1 Å². The van der Waals surface area contributed by atoms with E-state index in [4.69, 9.17) is 4.74 Å². The van der Waals surface area contributed by atoms with E-state index < -0.39 is 10.0 Å². The molecule has 31 heavy (non-hydrogen) atoms. The van der Waals surface area contributed by atoms with Crippen molar-refractivity contribution in [2.75, 3.05) is 26.0 Å². The number of rotatable bonds is 8. The van der Waals surface area contributed by atoms with Crippen LogP contribution in [-0.2, 0) is 10.0 Å². The number of sulfonamides is 1. The Labute approximate surface area is 189 Å². The zero-order valence-corrected chi connectivity index (χ0v) is 19.9. The molecule has 1 saturated heterocycles. The number of ether oxygens (including phenoxy) is 1. The van der Waals surface area contributed by atoms with Crippen molar-refractivity contribution in [3.63, 3.8) is 0 Å². The highest BCUT2D eigenvalue weighted by molar-refractivity contribution is 7.99.